The highest BCUT2D eigenvalue weighted by atomic mass is 32.1. The minimum atomic E-state index is 0.549. The predicted molar refractivity (Wildman–Crippen MR) is 67.8 cm³/mol. The quantitative estimate of drug-likeness (QED) is 0.722. The summed E-state index contributed by atoms with van der Waals surface area (Å²) < 4.78 is 1.31. The van der Waals surface area contributed by atoms with Crippen molar-refractivity contribution in [1.29, 1.82) is 0 Å². The van der Waals surface area contributed by atoms with Gasteiger partial charge >= 0.3 is 0 Å². The standard InChI is InChI=1S/C13H17NS/c1-8(2)10-5-6-11-13(14-7-15-11)12(10)9(3)4/h5-9H,1-4H3. The third-order valence-corrected chi connectivity index (χ3v) is 3.57. The molecule has 0 bridgehead atoms. The summed E-state index contributed by atoms with van der Waals surface area (Å²) in [7, 11) is 0. The van der Waals surface area contributed by atoms with E-state index in [1.54, 1.807) is 11.3 Å². The Labute approximate surface area is 95.2 Å². The Bertz CT molecular complexity index is 468. The van der Waals surface area contributed by atoms with Crippen molar-refractivity contribution in [3.05, 3.63) is 28.8 Å². The molecule has 0 amide bonds. The normalized spacial score (nSPS) is 11.9. The molecule has 0 aliphatic carbocycles. The summed E-state index contributed by atoms with van der Waals surface area (Å²) in [6.45, 7) is 9.00. The Morgan fingerprint density at radius 2 is 1.80 bits per heavy atom. The lowest BCUT2D eigenvalue weighted by Gasteiger charge is -2.16. The van der Waals surface area contributed by atoms with Crippen LogP contribution in [-0.2, 0) is 0 Å². The Morgan fingerprint density at radius 1 is 1.07 bits per heavy atom. The number of rotatable bonds is 2. The zero-order chi connectivity index (χ0) is 11.0. The van der Waals surface area contributed by atoms with Gasteiger partial charge in [-0.3, -0.25) is 0 Å². The van der Waals surface area contributed by atoms with E-state index in [0.29, 0.717) is 11.8 Å². The molecule has 0 saturated heterocycles. The van der Waals surface area contributed by atoms with E-state index < -0.39 is 0 Å². The molecule has 0 spiro atoms. The van der Waals surface area contributed by atoms with Crippen LogP contribution in [0.2, 0.25) is 0 Å². The first kappa shape index (κ1) is 10.6. The molecule has 0 aliphatic rings. The maximum absolute atomic E-state index is 4.50. The van der Waals surface area contributed by atoms with Crippen molar-refractivity contribution in [1.82, 2.24) is 4.98 Å². The molecule has 0 fully saturated rings. The van der Waals surface area contributed by atoms with Crippen molar-refractivity contribution in [3.8, 4) is 0 Å². The highest BCUT2D eigenvalue weighted by molar-refractivity contribution is 7.16. The molecular weight excluding hydrogens is 202 g/mol. The summed E-state index contributed by atoms with van der Waals surface area (Å²) in [5.74, 6) is 1.13. The van der Waals surface area contributed by atoms with E-state index in [-0.39, 0.29) is 0 Å². The van der Waals surface area contributed by atoms with Gasteiger partial charge in [-0.05, 0) is 29.0 Å². The van der Waals surface area contributed by atoms with Crippen LogP contribution in [0, 0.1) is 0 Å². The van der Waals surface area contributed by atoms with Crippen LogP contribution in [0.3, 0.4) is 0 Å². The molecule has 1 aromatic heterocycles. The van der Waals surface area contributed by atoms with Gasteiger partial charge in [-0.1, -0.05) is 33.8 Å². The van der Waals surface area contributed by atoms with Crippen molar-refractivity contribution >= 4 is 21.6 Å². The zero-order valence-corrected chi connectivity index (χ0v) is 10.6. The molecule has 15 heavy (non-hydrogen) atoms. The van der Waals surface area contributed by atoms with Gasteiger partial charge in [-0.15, -0.1) is 11.3 Å². The second kappa shape index (κ2) is 3.93. The SMILES string of the molecule is CC(C)c1ccc2scnc2c1C(C)C. The molecular formula is C13H17NS. The van der Waals surface area contributed by atoms with Crippen molar-refractivity contribution in [2.45, 2.75) is 39.5 Å². The Morgan fingerprint density at radius 3 is 2.40 bits per heavy atom. The van der Waals surface area contributed by atoms with E-state index in [1.165, 1.54) is 21.3 Å². The Hall–Kier alpha value is -0.890. The third kappa shape index (κ3) is 1.78. The third-order valence-electron chi connectivity index (χ3n) is 2.77. The van der Waals surface area contributed by atoms with E-state index in [2.05, 4.69) is 44.8 Å². The van der Waals surface area contributed by atoms with E-state index in [9.17, 15) is 0 Å². The molecule has 1 heterocycles. The number of aromatic nitrogens is 1. The molecule has 0 aliphatic heterocycles. The molecule has 2 rings (SSSR count). The molecule has 2 aromatic rings. The van der Waals surface area contributed by atoms with E-state index in [0.717, 1.165) is 0 Å². The van der Waals surface area contributed by atoms with Crippen LogP contribution in [0.1, 0.15) is 50.7 Å². The van der Waals surface area contributed by atoms with Gasteiger partial charge in [0, 0.05) is 0 Å². The predicted octanol–water partition coefficient (Wildman–Crippen LogP) is 4.54. The molecule has 0 unspecified atom stereocenters. The molecule has 1 aromatic carbocycles. The smallest absolute Gasteiger partial charge is 0.0849 e. The van der Waals surface area contributed by atoms with Gasteiger partial charge in [-0.25, -0.2) is 4.98 Å². The van der Waals surface area contributed by atoms with Gasteiger partial charge in [0.25, 0.3) is 0 Å². The van der Waals surface area contributed by atoms with Crippen LogP contribution < -0.4 is 0 Å². The lowest BCUT2D eigenvalue weighted by Crippen LogP contribution is -1.99. The lowest BCUT2D eigenvalue weighted by molar-refractivity contribution is 0.796. The number of benzene rings is 1. The summed E-state index contributed by atoms with van der Waals surface area (Å²) in [6, 6.07) is 4.47. The van der Waals surface area contributed by atoms with Crippen molar-refractivity contribution in [2.75, 3.05) is 0 Å². The fourth-order valence-corrected chi connectivity index (χ4v) is 2.77. The number of nitrogens with zero attached hydrogens (tertiary/aromatic N) is 1. The van der Waals surface area contributed by atoms with Crippen LogP contribution in [0.15, 0.2) is 17.6 Å². The molecule has 0 radical (unpaired) electrons. The van der Waals surface area contributed by atoms with Crippen LogP contribution >= 0.6 is 11.3 Å². The van der Waals surface area contributed by atoms with Gasteiger partial charge in [0.05, 0.1) is 15.7 Å². The molecule has 1 nitrogen and oxygen atoms in total. The first-order valence-corrected chi connectivity index (χ1v) is 6.35. The number of fused-ring (bicyclic) bond motifs is 1. The van der Waals surface area contributed by atoms with Gasteiger partial charge in [0.1, 0.15) is 0 Å². The average molecular weight is 219 g/mol. The number of thiazole rings is 1. The number of hydrogen-bond donors (Lipinski definition) is 0. The monoisotopic (exact) mass is 219 g/mol. The summed E-state index contributed by atoms with van der Waals surface area (Å²) >= 11 is 1.73. The van der Waals surface area contributed by atoms with Crippen LogP contribution in [-0.4, -0.2) is 4.98 Å². The largest absolute Gasteiger partial charge is 0.244 e. The molecule has 80 valence electrons. The zero-order valence-electron chi connectivity index (χ0n) is 9.74. The van der Waals surface area contributed by atoms with Crippen LogP contribution in [0.4, 0.5) is 0 Å². The molecule has 0 atom stereocenters. The summed E-state index contributed by atoms with van der Waals surface area (Å²) in [5.41, 5.74) is 6.04. The topological polar surface area (TPSA) is 12.9 Å². The fourth-order valence-electron chi connectivity index (χ4n) is 2.08. The number of hydrogen-bond acceptors (Lipinski definition) is 2. The van der Waals surface area contributed by atoms with Gasteiger partial charge in [-0.2, -0.15) is 0 Å². The van der Waals surface area contributed by atoms with Crippen molar-refractivity contribution in [3.63, 3.8) is 0 Å². The summed E-state index contributed by atoms with van der Waals surface area (Å²) in [4.78, 5) is 4.50. The van der Waals surface area contributed by atoms with E-state index >= 15 is 0 Å². The average Bonchev–Trinajstić information content (AvgIpc) is 2.62. The van der Waals surface area contributed by atoms with Crippen LogP contribution in [0.5, 0.6) is 0 Å². The maximum Gasteiger partial charge on any atom is 0.0849 e. The highest BCUT2D eigenvalue weighted by Crippen LogP contribution is 2.33. The fraction of sp³-hybridized carbons (Fsp3) is 0.462. The second-order valence-corrected chi connectivity index (χ2v) is 5.46. The highest BCUT2D eigenvalue weighted by Gasteiger charge is 2.14. The summed E-state index contributed by atoms with van der Waals surface area (Å²) in [6.07, 6.45) is 0. The second-order valence-electron chi connectivity index (χ2n) is 4.58. The first-order valence-electron chi connectivity index (χ1n) is 5.47. The van der Waals surface area contributed by atoms with Crippen molar-refractivity contribution < 1.29 is 0 Å². The Balaban J connectivity index is 2.75. The van der Waals surface area contributed by atoms with Gasteiger partial charge in [0.2, 0.25) is 0 Å². The minimum absolute atomic E-state index is 0.549. The van der Waals surface area contributed by atoms with E-state index in [4.69, 9.17) is 0 Å². The summed E-state index contributed by atoms with van der Waals surface area (Å²) in [5, 5.41) is 0. The molecule has 0 N–H and O–H groups in total. The first-order chi connectivity index (χ1) is 7.11. The Kier molecular flexibility index (Phi) is 2.79. The van der Waals surface area contributed by atoms with Gasteiger partial charge in [0.15, 0.2) is 0 Å². The maximum atomic E-state index is 4.50. The van der Waals surface area contributed by atoms with Gasteiger partial charge < -0.3 is 0 Å². The van der Waals surface area contributed by atoms with Crippen LogP contribution in [0.25, 0.3) is 10.2 Å². The lowest BCUT2D eigenvalue weighted by atomic mass is 9.90. The molecule has 0 saturated carbocycles. The molecule has 2 heteroatoms. The van der Waals surface area contributed by atoms with E-state index in [1.807, 2.05) is 5.51 Å². The van der Waals surface area contributed by atoms with Crippen molar-refractivity contribution in [2.24, 2.45) is 0 Å². The minimum Gasteiger partial charge on any atom is -0.244 e.